The van der Waals surface area contributed by atoms with E-state index in [1.807, 2.05) is 68.5 Å². The van der Waals surface area contributed by atoms with Crippen LogP contribution >= 0.6 is 0 Å². The number of fused-ring (bicyclic) bond motifs is 1. The van der Waals surface area contributed by atoms with Gasteiger partial charge in [0.15, 0.2) is 0 Å². The molecule has 0 saturated heterocycles. The molecule has 0 saturated carbocycles. The van der Waals surface area contributed by atoms with Crippen LogP contribution in [0.25, 0.3) is 11.0 Å². The van der Waals surface area contributed by atoms with Crippen LogP contribution in [0.1, 0.15) is 34.7 Å². The summed E-state index contributed by atoms with van der Waals surface area (Å²) in [5, 5.41) is 3.04. The quantitative estimate of drug-likeness (QED) is 0.722. The van der Waals surface area contributed by atoms with Crippen LogP contribution in [0.2, 0.25) is 0 Å². The molecule has 1 heterocycles. The zero-order valence-electron chi connectivity index (χ0n) is 14.0. The summed E-state index contributed by atoms with van der Waals surface area (Å²) >= 11 is 0. The summed E-state index contributed by atoms with van der Waals surface area (Å²) in [5.41, 5.74) is 3.69. The number of carbonyl (C=O) groups excluding carboxylic acids is 1. The lowest BCUT2D eigenvalue weighted by molar-refractivity contribution is 0.0937. The molecule has 1 N–H and O–H groups in total. The molecule has 0 radical (unpaired) electrons. The Balaban J connectivity index is 1.90. The van der Waals surface area contributed by atoms with Crippen molar-refractivity contribution in [1.29, 1.82) is 0 Å². The lowest BCUT2D eigenvalue weighted by atomic mass is 10.1. The lowest BCUT2D eigenvalue weighted by Crippen LogP contribution is -2.28. The molecule has 1 atom stereocenters. The molecule has 3 rings (SSSR count). The minimum absolute atomic E-state index is 0.0941. The number of nitrogens with one attached hydrogen (secondary N) is 1. The van der Waals surface area contributed by atoms with Gasteiger partial charge in [-0.2, -0.15) is 0 Å². The molecule has 1 aromatic heterocycles. The Kier molecular flexibility index (Phi) is 4.47. The fourth-order valence-electron chi connectivity index (χ4n) is 2.88. The normalized spacial score (nSPS) is 12.1. The first-order chi connectivity index (χ1) is 11.6. The third kappa shape index (κ3) is 3.08. The molecule has 0 aliphatic rings. The van der Waals surface area contributed by atoms with Crippen molar-refractivity contribution in [3.8, 4) is 0 Å². The minimum atomic E-state index is -0.203. The van der Waals surface area contributed by atoms with E-state index in [4.69, 9.17) is 4.98 Å². The third-order valence-electron chi connectivity index (χ3n) is 4.01. The summed E-state index contributed by atoms with van der Waals surface area (Å²) < 4.78 is 2.09. The first-order valence-electron chi connectivity index (χ1n) is 8.03. The summed E-state index contributed by atoms with van der Waals surface area (Å²) in [7, 11) is 0. The van der Waals surface area contributed by atoms with Crippen molar-refractivity contribution >= 4 is 16.9 Å². The molecule has 24 heavy (non-hydrogen) atoms. The molecular weight excluding hydrogens is 298 g/mol. The Morgan fingerprint density at radius 1 is 1.29 bits per heavy atom. The van der Waals surface area contributed by atoms with Crippen LogP contribution in [-0.4, -0.2) is 15.5 Å². The number of carbonyl (C=O) groups is 1. The van der Waals surface area contributed by atoms with Gasteiger partial charge in [-0.15, -0.1) is 6.58 Å². The monoisotopic (exact) mass is 319 g/mol. The predicted molar refractivity (Wildman–Crippen MR) is 97.0 cm³/mol. The number of hydrogen-bond acceptors (Lipinski definition) is 2. The second-order valence-corrected chi connectivity index (χ2v) is 5.92. The fourth-order valence-corrected chi connectivity index (χ4v) is 2.88. The maximum Gasteiger partial charge on any atom is 0.251 e. The molecular formula is C20H21N3O. The molecule has 4 heteroatoms. The molecule has 0 aliphatic heterocycles. The van der Waals surface area contributed by atoms with Crippen molar-refractivity contribution in [3.05, 3.63) is 78.1 Å². The SMILES string of the molecule is C=CCn1c(C(C)NC(=O)c2cccc(C)c2)nc2ccccc21. The summed E-state index contributed by atoms with van der Waals surface area (Å²) in [6.45, 7) is 8.41. The number of rotatable bonds is 5. The van der Waals surface area contributed by atoms with Crippen LogP contribution in [0.5, 0.6) is 0 Å². The standard InChI is InChI=1S/C20H21N3O/c1-4-12-23-18-11-6-5-10-17(18)22-19(23)15(3)21-20(24)16-9-7-8-14(2)13-16/h4-11,13,15H,1,12H2,2-3H3,(H,21,24). The number of nitrogens with zero attached hydrogens (tertiary/aromatic N) is 2. The Morgan fingerprint density at radius 2 is 2.08 bits per heavy atom. The molecule has 4 nitrogen and oxygen atoms in total. The molecule has 1 unspecified atom stereocenters. The number of amides is 1. The van der Waals surface area contributed by atoms with Crippen molar-refractivity contribution < 1.29 is 4.79 Å². The van der Waals surface area contributed by atoms with Gasteiger partial charge < -0.3 is 9.88 Å². The molecule has 1 amide bonds. The lowest BCUT2D eigenvalue weighted by Gasteiger charge is -2.15. The van der Waals surface area contributed by atoms with Crippen LogP contribution in [0.3, 0.4) is 0 Å². The van der Waals surface area contributed by atoms with Crippen LogP contribution in [0.4, 0.5) is 0 Å². The van der Waals surface area contributed by atoms with Crippen molar-refractivity contribution in [2.75, 3.05) is 0 Å². The number of allylic oxidation sites excluding steroid dienone is 1. The van der Waals surface area contributed by atoms with Crippen LogP contribution < -0.4 is 5.32 Å². The minimum Gasteiger partial charge on any atom is -0.342 e. The van der Waals surface area contributed by atoms with E-state index in [1.54, 1.807) is 0 Å². The van der Waals surface area contributed by atoms with Gasteiger partial charge in [-0.1, -0.05) is 35.9 Å². The molecule has 0 spiro atoms. The van der Waals surface area contributed by atoms with Gasteiger partial charge in [0, 0.05) is 12.1 Å². The van der Waals surface area contributed by atoms with E-state index in [0.29, 0.717) is 12.1 Å². The zero-order valence-corrected chi connectivity index (χ0v) is 14.0. The highest BCUT2D eigenvalue weighted by atomic mass is 16.1. The number of benzene rings is 2. The average molecular weight is 319 g/mol. The molecule has 2 aromatic carbocycles. The Morgan fingerprint density at radius 3 is 2.83 bits per heavy atom. The molecule has 0 fully saturated rings. The van der Waals surface area contributed by atoms with Gasteiger partial charge in [0.25, 0.3) is 5.91 Å². The first-order valence-corrected chi connectivity index (χ1v) is 8.03. The van der Waals surface area contributed by atoms with E-state index in [9.17, 15) is 4.79 Å². The van der Waals surface area contributed by atoms with Crippen molar-refractivity contribution in [2.45, 2.75) is 26.4 Å². The van der Waals surface area contributed by atoms with E-state index in [1.165, 1.54) is 0 Å². The van der Waals surface area contributed by atoms with Crippen molar-refractivity contribution in [1.82, 2.24) is 14.9 Å². The maximum atomic E-state index is 12.5. The van der Waals surface area contributed by atoms with Gasteiger partial charge in [0.1, 0.15) is 5.82 Å². The second kappa shape index (κ2) is 6.71. The molecule has 122 valence electrons. The van der Waals surface area contributed by atoms with Gasteiger partial charge in [-0.25, -0.2) is 4.98 Å². The third-order valence-corrected chi connectivity index (χ3v) is 4.01. The number of imidazole rings is 1. The van der Waals surface area contributed by atoms with Gasteiger partial charge in [-0.3, -0.25) is 4.79 Å². The molecule has 3 aromatic rings. The van der Waals surface area contributed by atoms with E-state index in [0.717, 1.165) is 22.4 Å². The molecule has 0 aliphatic carbocycles. The topological polar surface area (TPSA) is 46.9 Å². The number of aryl methyl sites for hydroxylation is 1. The second-order valence-electron chi connectivity index (χ2n) is 5.92. The Hall–Kier alpha value is -2.88. The fraction of sp³-hybridized carbons (Fsp3) is 0.200. The Bertz CT molecular complexity index is 895. The molecule has 0 bridgehead atoms. The number of hydrogen-bond donors (Lipinski definition) is 1. The summed E-state index contributed by atoms with van der Waals surface area (Å²) in [6, 6.07) is 15.3. The smallest absolute Gasteiger partial charge is 0.251 e. The highest BCUT2D eigenvalue weighted by molar-refractivity contribution is 5.94. The van der Waals surface area contributed by atoms with Crippen LogP contribution in [0.15, 0.2) is 61.2 Å². The summed E-state index contributed by atoms with van der Waals surface area (Å²) in [5.74, 6) is 0.737. The summed E-state index contributed by atoms with van der Waals surface area (Å²) in [4.78, 5) is 17.2. The highest BCUT2D eigenvalue weighted by Crippen LogP contribution is 2.21. The van der Waals surface area contributed by atoms with Gasteiger partial charge in [-0.05, 0) is 38.1 Å². The van der Waals surface area contributed by atoms with E-state index in [-0.39, 0.29) is 11.9 Å². The maximum absolute atomic E-state index is 12.5. The van der Waals surface area contributed by atoms with E-state index < -0.39 is 0 Å². The number of aromatic nitrogens is 2. The van der Waals surface area contributed by atoms with Crippen molar-refractivity contribution in [2.24, 2.45) is 0 Å². The Labute approximate surface area is 141 Å². The number of para-hydroxylation sites is 2. The van der Waals surface area contributed by atoms with E-state index >= 15 is 0 Å². The highest BCUT2D eigenvalue weighted by Gasteiger charge is 2.18. The zero-order chi connectivity index (χ0) is 17.1. The van der Waals surface area contributed by atoms with Gasteiger partial charge in [0.05, 0.1) is 17.1 Å². The largest absolute Gasteiger partial charge is 0.342 e. The predicted octanol–water partition coefficient (Wildman–Crippen LogP) is 4.02. The van der Waals surface area contributed by atoms with E-state index in [2.05, 4.69) is 16.5 Å². The van der Waals surface area contributed by atoms with Crippen molar-refractivity contribution in [3.63, 3.8) is 0 Å². The first kappa shape index (κ1) is 16.0. The van der Waals surface area contributed by atoms with Gasteiger partial charge in [0.2, 0.25) is 0 Å². The average Bonchev–Trinajstić information content (AvgIpc) is 2.94. The van der Waals surface area contributed by atoms with Crippen LogP contribution in [-0.2, 0) is 6.54 Å². The van der Waals surface area contributed by atoms with Gasteiger partial charge >= 0.3 is 0 Å². The summed E-state index contributed by atoms with van der Waals surface area (Å²) in [6.07, 6.45) is 1.84. The van der Waals surface area contributed by atoms with Crippen LogP contribution in [0, 0.1) is 6.92 Å².